The minimum absolute atomic E-state index is 0.215. The van der Waals surface area contributed by atoms with E-state index in [2.05, 4.69) is 19.3 Å². The van der Waals surface area contributed by atoms with Gasteiger partial charge in [0.2, 0.25) is 5.06 Å². The van der Waals surface area contributed by atoms with E-state index in [4.69, 9.17) is 14.3 Å². The Morgan fingerprint density at radius 2 is 1.95 bits per heavy atom. The number of hydrogen-bond acceptors (Lipinski definition) is 5. The predicted octanol–water partition coefficient (Wildman–Crippen LogP) is 4.75. The van der Waals surface area contributed by atoms with Crippen molar-refractivity contribution in [3.8, 4) is 16.6 Å². The molecule has 0 aliphatic rings. The highest BCUT2D eigenvalue weighted by Gasteiger charge is 2.01. The van der Waals surface area contributed by atoms with Crippen LogP contribution in [0.4, 0.5) is 0 Å². The molecule has 0 saturated carbocycles. The zero-order valence-corrected chi connectivity index (χ0v) is 13.9. The van der Waals surface area contributed by atoms with Crippen molar-refractivity contribution in [2.75, 3.05) is 0 Å². The van der Waals surface area contributed by atoms with Crippen LogP contribution in [-0.2, 0) is 0 Å². The Labute approximate surface area is 135 Å². The van der Waals surface area contributed by atoms with Crippen molar-refractivity contribution >= 4 is 11.3 Å². The van der Waals surface area contributed by atoms with E-state index < -0.39 is 0 Å². The van der Waals surface area contributed by atoms with E-state index in [1.165, 1.54) is 11.3 Å². The van der Waals surface area contributed by atoms with Gasteiger partial charge in [-0.25, -0.2) is 5.48 Å². The summed E-state index contributed by atoms with van der Waals surface area (Å²) >= 11 is 1.52. The Bertz CT molecular complexity index is 578. The molecule has 0 bridgehead atoms. The van der Waals surface area contributed by atoms with Crippen molar-refractivity contribution in [1.29, 1.82) is 0 Å². The van der Waals surface area contributed by atoms with Crippen LogP contribution >= 0.6 is 11.3 Å². The highest BCUT2D eigenvalue weighted by molar-refractivity contribution is 7.11. The predicted molar refractivity (Wildman–Crippen MR) is 89.3 cm³/mol. The van der Waals surface area contributed by atoms with Gasteiger partial charge in [-0.1, -0.05) is 6.92 Å². The van der Waals surface area contributed by atoms with Crippen molar-refractivity contribution in [3.05, 3.63) is 53.7 Å². The van der Waals surface area contributed by atoms with Gasteiger partial charge in [0.1, 0.15) is 17.8 Å². The number of allylic oxidation sites excluding steroid dienone is 1. The Morgan fingerprint density at radius 3 is 2.59 bits per heavy atom. The van der Waals surface area contributed by atoms with Crippen molar-refractivity contribution in [2.45, 2.75) is 33.3 Å². The lowest BCUT2D eigenvalue weighted by Crippen LogP contribution is -2.15. The third-order valence-corrected chi connectivity index (χ3v) is 3.66. The van der Waals surface area contributed by atoms with E-state index in [0.717, 1.165) is 28.7 Å². The summed E-state index contributed by atoms with van der Waals surface area (Å²) < 4.78 is 11.3. The minimum atomic E-state index is 0.215. The molecule has 22 heavy (non-hydrogen) atoms. The first-order valence-electron chi connectivity index (χ1n) is 7.24. The molecule has 0 fully saturated rings. The van der Waals surface area contributed by atoms with Gasteiger partial charge in [0.15, 0.2) is 0 Å². The minimum Gasteiger partial charge on any atom is -0.491 e. The lowest BCUT2D eigenvalue weighted by molar-refractivity contribution is 0.217. The van der Waals surface area contributed by atoms with Crippen molar-refractivity contribution in [1.82, 2.24) is 5.48 Å². The fourth-order valence-corrected chi connectivity index (χ4v) is 2.08. The highest BCUT2D eigenvalue weighted by atomic mass is 32.1. The van der Waals surface area contributed by atoms with Crippen LogP contribution in [0.1, 0.15) is 27.2 Å². The smallest absolute Gasteiger partial charge is 0.208 e. The molecule has 1 heterocycles. The standard InChI is InChI=1S/C17H21NO3S/c1-4-14(3)20-16-9-7-15(8-10-16)19-12-13(2)18-21-17-6-5-11-22-17/h5-12,14,18H,4H2,1-3H3. The molecule has 1 aromatic heterocycles. The van der Waals surface area contributed by atoms with E-state index in [-0.39, 0.29) is 6.10 Å². The first-order chi connectivity index (χ1) is 10.7. The topological polar surface area (TPSA) is 39.7 Å². The maximum absolute atomic E-state index is 5.72. The van der Waals surface area contributed by atoms with E-state index >= 15 is 0 Å². The summed E-state index contributed by atoms with van der Waals surface area (Å²) in [6.07, 6.45) is 2.81. The fraction of sp³-hybridized carbons (Fsp3) is 0.294. The highest BCUT2D eigenvalue weighted by Crippen LogP contribution is 2.20. The zero-order chi connectivity index (χ0) is 15.8. The molecule has 1 unspecified atom stereocenters. The summed E-state index contributed by atoms with van der Waals surface area (Å²) in [5, 5.41) is 2.76. The van der Waals surface area contributed by atoms with Crippen LogP contribution in [0, 0.1) is 0 Å². The molecule has 5 heteroatoms. The van der Waals surface area contributed by atoms with E-state index in [0.29, 0.717) is 0 Å². The van der Waals surface area contributed by atoms with Gasteiger partial charge in [-0.05, 0) is 62.0 Å². The molecule has 0 saturated heterocycles. The summed E-state index contributed by atoms with van der Waals surface area (Å²) in [5.41, 5.74) is 3.59. The molecule has 0 aliphatic carbocycles. The molecule has 2 aromatic rings. The number of hydroxylamine groups is 1. The third kappa shape index (κ3) is 5.33. The first kappa shape index (κ1) is 16.2. The molecule has 1 N–H and O–H groups in total. The Hall–Kier alpha value is -2.14. The van der Waals surface area contributed by atoms with Crippen LogP contribution in [0.3, 0.4) is 0 Å². The van der Waals surface area contributed by atoms with E-state index in [9.17, 15) is 0 Å². The van der Waals surface area contributed by atoms with Crippen molar-refractivity contribution in [3.63, 3.8) is 0 Å². The first-order valence-corrected chi connectivity index (χ1v) is 8.12. The van der Waals surface area contributed by atoms with Crippen molar-refractivity contribution in [2.24, 2.45) is 0 Å². The summed E-state index contributed by atoms with van der Waals surface area (Å²) in [5.74, 6) is 1.59. The van der Waals surface area contributed by atoms with Gasteiger partial charge in [-0.2, -0.15) is 0 Å². The van der Waals surface area contributed by atoms with Gasteiger partial charge in [0.25, 0.3) is 0 Å². The number of thiophene rings is 1. The summed E-state index contributed by atoms with van der Waals surface area (Å²) in [7, 11) is 0. The molecule has 1 aromatic carbocycles. The molecule has 0 amide bonds. The second-order valence-corrected chi connectivity index (χ2v) is 5.77. The molecule has 1 atom stereocenters. The van der Waals surface area contributed by atoms with Crippen LogP contribution in [0.2, 0.25) is 0 Å². The Balaban J connectivity index is 1.81. The Kier molecular flexibility index (Phi) is 6.15. The summed E-state index contributed by atoms with van der Waals surface area (Å²) in [6.45, 7) is 6.02. The molecule has 0 radical (unpaired) electrons. The average molecular weight is 319 g/mol. The molecule has 2 rings (SSSR count). The van der Waals surface area contributed by atoms with Gasteiger partial charge in [0, 0.05) is 0 Å². The van der Waals surface area contributed by atoms with Gasteiger partial charge in [-0.3, -0.25) is 0 Å². The van der Waals surface area contributed by atoms with Gasteiger partial charge in [0.05, 0.1) is 11.8 Å². The number of benzene rings is 1. The Morgan fingerprint density at radius 1 is 1.23 bits per heavy atom. The molecule has 0 aliphatic heterocycles. The number of hydrogen-bond donors (Lipinski definition) is 1. The van der Waals surface area contributed by atoms with Gasteiger partial charge in [-0.15, -0.1) is 11.3 Å². The average Bonchev–Trinajstić information content (AvgIpc) is 3.05. The number of rotatable bonds is 8. The third-order valence-electron chi connectivity index (χ3n) is 2.92. The van der Waals surface area contributed by atoms with Gasteiger partial charge < -0.3 is 14.3 Å². The largest absolute Gasteiger partial charge is 0.491 e. The van der Waals surface area contributed by atoms with Gasteiger partial charge >= 0.3 is 0 Å². The zero-order valence-electron chi connectivity index (χ0n) is 13.0. The lowest BCUT2D eigenvalue weighted by Gasteiger charge is -2.12. The molecule has 0 spiro atoms. The van der Waals surface area contributed by atoms with Crippen molar-refractivity contribution < 1.29 is 14.3 Å². The molecule has 118 valence electrons. The molecular weight excluding hydrogens is 298 g/mol. The van der Waals surface area contributed by atoms with Crippen LogP contribution in [0.25, 0.3) is 0 Å². The van der Waals surface area contributed by atoms with Crippen LogP contribution in [0.15, 0.2) is 53.7 Å². The van der Waals surface area contributed by atoms with Crippen LogP contribution in [0.5, 0.6) is 16.6 Å². The summed E-state index contributed by atoms with van der Waals surface area (Å²) in [4.78, 5) is 5.37. The maximum atomic E-state index is 5.72. The SMILES string of the molecule is CCC(C)Oc1ccc(OC=C(C)NOc2cccs2)cc1. The van der Waals surface area contributed by atoms with Crippen LogP contribution < -0.4 is 19.8 Å². The second-order valence-electron chi connectivity index (χ2n) is 4.86. The second kappa shape index (κ2) is 8.34. The number of ether oxygens (including phenoxy) is 2. The quantitative estimate of drug-likeness (QED) is 0.563. The molecule has 4 nitrogen and oxygen atoms in total. The van der Waals surface area contributed by atoms with E-state index in [1.807, 2.05) is 48.7 Å². The summed E-state index contributed by atoms with van der Waals surface area (Å²) in [6, 6.07) is 11.4. The fourth-order valence-electron chi connectivity index (χ4n) is 1.55. The molecular formula is C17H21NO3S. The number of nitrogens with one attached hydrogen (secondary N) is 1. The monoisotopic (exact) mass is 319 g/mol. The lowest BCUT2D eigenvalue weighted by atomic mass is 10.3. The van der Waals surface area contributed by atoms with E-state index in [1.54, 1.807) is 6.26 Å². The maximum Gasteiger partial charge on any atom is 0.208 e. The van der Waals surface area contributed by atoms with Crippen LogP contribution in [-0.4, -0.2) is 6.10 Å². The normalized spacial score (nSPS) is 12.6.